The number of pyridine rings is 2. The molecule has 4 aromatic carbocycles. The molecule has 7 rings (SSSR count). The van der Waals surface area contributed by atoms with Crippen LogP contribution in [0.1, 0.15) is 25.0 Å². The number of halogens is 1. The predicted molar refractivity (Wildman–Crippen MR) is 152 cm³/mol. The fraction of sp³-hybridized carbons (Fsp3) is 0.0857. The maximum atomic E-state index is 12.6. The van der Waals surface area contributed by atoms with Crippen LogP contribution in [0.25, 0.3) is 44.4 Å². The standard InChI is InChI=1S/C24H18N.C11H7FN.Ir/c1-24(2)21-10-6-5-9-19(21)20-12-11-17(13-22(20)24)23-14-16-7-3-4-8-18(16)15-25-23;12-10-6-4-9(5-7-10)11-3-1-2-8-13-11;/h3-10,12-15H,1-2H3;1-4,6-8H;/q2*-1;. The number of nitrogens with zero attached hydrogens (tertiary/aromatic N) is 2. The van der Waals surface area contributed by atoms with E-state index in [2.05, 4.69) is 96.6 Å². The van der Waals surface area contributed by atoms with Crippen LogP contribution in [-0.4, -0.2) is 9.97 Å². The molecule has 0 N–H and O–H groups in total. The predicted octanol–water partition coefficient (Wildman–Crippen LogP) is 8.69. The molecule has 0 amide bonds. The van der Waals surface area contributed by atoms with Crippen LogP contribution in [0.2, 0.25) is 0 Å². The van der Waals surface area contributed by atoms with Crippen LogP contribution in [0.4, 0.5) is 4.39 Å². The Labute approximate surface area is 242 Å². The van der Waals surface area contributed by atoms with Gasteiger partial charge in [0.05, 0.1) is 0 Å². The average molecular weight is 685 g/mol. The van der Waals surface area contributed by atoms with Crippen molar-refractivity contribution in [1.29, 1.82) is 0 Å². The third kappa shape index (κ3) is 5.18. The zero-order valence-corrected chi connectivity index (χ0v) is 24.0. The SMILES string of the molecule is CC1(C)c2ccccc2-c2c[c-]c(-c3cc4ccccc4cn3)cc21.Fc1c[c-]c(-c2ccccn2)cc1.[Ir]. The van der Waals surface area contributed by atoms with Gasteiger partial charge in [-0.2, -0.15) is 0 Å². The molecular weight excluding hydrogens is 660 g/mol. The Balaban J connectivity index is 0.000000187. The fourth-order valence-corrected chi connectivity index (χ4v) is 5.11. The van der Waals surface area contributed by atoms with E-state index in [4.69, 9.17) is 0 Å². The largest absolute Gasteiger partial charge is 0.305 e. The second-order valence-corrected chi connectivity index (χ2v) is 9.90. The number of fused-ring (bicyclic) bond motifs is 4. The maximum Gasteiger partial charge on any atom is 0.0379 e. The van der Waals surface area contributed by atoms with Crippen molar-refractivity contribution in [2.45, 2.75) is 19.3 Å². The van der Waals surface area contributed by atoms with E-state index in [1.165, 1.54) is 45.2 Å². The van der Waals surface area contributed by atoms with Gasteiger partial charge in [-0.05, 0) is 39.2 Å². The van der Waals surface area contributed by atoms with E-state index in [9.17, 15) is 4.39 Å². The molecule has 0 spiro atoms. The van der Waals surface area contributed by atoms with Gasteiger partial charge in [0.1, 0.15) is 0 Å². The molecule has 0 saturated heterocycles. The second-order valence-electron chi connectivity index (χ2n) is 9.90. The molecule has 0 atom stereocenters. The van der Waals surface area contributed by atoms with Crippen molar-refractivity contribution in [1.82, 2.24) is 9.97 Å². The molecule has 4 heteroatoms. The van der Waals surface area contributed by atoms with Gasteiger partial charge in [0, 0.05) is 38.3 Å². The summed E-state index contributed by atoms with van der Waals surface area (Å²) in [5.41, 5.74) is 9.04. The van der Waals surface area contributed by atoms with Crippen LogP contribution in [0.5, 0.6) is 0 Å². The van der Waals surface area contributed by atoms with Gasteiger partial charge in [-0.1, -0.05) is 91.7 Å². The molecule has 0 unspecified atom stereocenters. The minimum atomic E-state index is -0.278. The van der Waals surface area contributed by atoms with E-state index in [0.29, 0.717) is 0 Å². The Morgan fingerprint density at radius 1 is 0.641 bits per heavy atom. The van der Waals surface area contributed by atoms with Crippen LogP contribution in [0.15, 0.2) is 116 Å². The molecule has 0 bridgehead atoms. The third-order valence-electron chi connectivity index (χ3n) is 7.14. The van der Waals surface area contributed by atoms with Gasteiger partial charge in [-0.25, -0.2) is 0 Å². The number of rotatable bonds is 2. The number of hydrogen-bond acceptors (Lipinski definition) is 2. The Bertz CT molecular complexity index is 1750. The fourth-order valence-electron chi connectivity index (χ4n) is 5.11. The molecule has 0 saturated carbocycles. The Morgan fingerprint density at radius 3 is 2.15 bits per heavy atom. The normalized spacial score (nSPS) is 12.5. The van der Waals surface area contributed by atoms with Gasteiger partial charge in [-0.3, -0.25) is 4.39 Å². The summed E-state index contributed by atoms with van der Waals surface area (Å²) in [6, 6.07) is 39.8. The monoisotopic (exact) mass is 685 g/mol. The molecule has 0 fully saturated rings. The first-order valence-electron chi connectivity index (χ1n) is 12.6. The summed E-state index contributed by atoms with van der Waals surface area (Å²) in [7, 11) is 0. The summed E-state index contributed by atoms with van der Waals surface area (Å²) in [5.74, 6) is -0.278. The van der Waals surface area contributed by atoms with Crippen molar-refractivity contribution in [3.05, 3.63) is 145 Å². The van der Waals surface area contributed by atoms with Crippen molar-refractivity contribution in [3.63, 3.8) is 0 Å². The van der Waals surface area contributed by atoms with Crippen molar-refractivity contribution in [2.24, 2.45) is 0 Å². The van der Waals surface area contributed by atoms with Crippen LogP contribution in [0.3, 0.4) is 0 Å². The molecule has 193 valence electrons. The van der Waals surface area contributed by atoms with Crippen LogP contribution in [0, 0.1) is 17.9 Å². The van der Waals surface area contributed by atoms with E-state index in [1.54, 1.807) is 12.3 Å². The first-order chi connectivity index (χ1) is 18.5. The molecular formula is C35H25FIrN2-2. The number of aromatic nitrogens is 2. The molecule has 1 aliphatic carbocycles. The minimum absolute atomic E-state index is 0. The molecule has 2 nitrogen and oxygen atoms in total. The van der Waals surface area contributed by atoms with Gasteiger partial charge < -0.3 is 9.97 Å². The summed E-state index contributed by atoms with van der Waals surface area (Å²) in [5, 5.41) is 2.38. The topological polar surface area (TPSA) is 25.8 Å². The smallest absolute Gasteiger partial charge is 0.0379 e. The van der Waals surface area contributed by atoms with E-state index in [1.807, 2.05) is 30.5 Å². The summed E-state index contributed by atoms with van der Waals surface area (Å²) < 4.78 is 12.6. The van der Waals surface area contributed by atoms with Gasteiger partial charge in [-0.15, -0.1) is 59.2 Å². The molecule has 1 radical (unpaired) electrons. The quantitative estimate of drug-likeness (QED) is 0.171. The van der Waals surface area contributed by atoms with Crippen LogP contribution < -0.4 is 0 Å². The summed E-state index contributed by atoms with van der Waals surface area (Å²) in [6.07, 6.45) is 3.65. The van der Waals surface area contributed by atoms with Crippen molar-refractivity contribution in [2.75, 3.05) is 0 Å². The molecule has 2 heterocycles. The van der Waals surface area contributed by atoms with E-state index in [0.717, 1.165) is 22.5 Å². The van der Waals surface area contributed by atoms with Gasteiger partial charge in [0.2, 0.25) is 0 Å². The Hall–Kier alpha value is -3.98. The van der Waals surface area contributed by atoms with E-state index < -0.39 is 0 Å². The first-order valence-corrected chi connectivity index (χ1v) is 12.6. The van der Waals surface area contributed by atoms with Crippen LogP contribution >= 0.6 is 0 Å². The van der Waals surface area contributed by atoms with E-state index in [-0.39, 0.29) is 31.3 Å². The minimum Gasteiger partial charge on any atom is -0.305 e. The third-order valence-corrected chi connectivity index (χ3v) is 7.14. The second kappa shape index (κ2) is 11.0. The van der Waals surface area contributed by atoms with Gasteiger partial charge in [0.25, 0.3) is 0 Å². The molecule has 1 aliphatic rings. The molecule has 39 heavy (non-hydrogen) atoms. The first kappa shape index (κ1) is 26.6. The van der Waals surface area contributed by atoms with E-state index >= 15 is 0 Å². The van der Waals surface area contributed by atoms with Gasteiger partial charge >= 0.3 is 0 Å². The Morgan fingerprint density at radius 2 is 1.38 bits per heavy atom. The summed E-state index contributed by atoms with van der Waals surface area (Å²) in [6.45, 7) is 4.60. The zero-order valence-electron chi connectivity index (χ0n) is 21.6. The average Bonchev–Trinajstić information content (AvgIpc) is 3.20. The zero-order chi connectivity index (χ0) is 26.1. The summed E-state index contributed by atoms with van der Waals surface area (Å²) in [4.78, 5) is 8.79. The molecule has 2 aromatic heterocycles. The van der Waals surface area contributed by atoms with Crippen molar-refractivity contribution >= 4 is 10.8 Å². The maximum absolute atomic E-state index is 12.6. The van der Waals surface area contributed by atoms with Crippen LogP contribution in [-0.2, 0) is 25.5 Å². The molecule has 6 aromatic rings. The van der Waals surface area contributed by atoms with Crippen molar-refractivity contribution < 1.29 is 24.5 Å². The molecule has 0 aliphatic heterocycles. The van der Waals surface area contributed by atoms with Gasteiger partial charge in [0.15, 0.2) is 0 Å². The Kier molecular flexibility index (Phi) is 7.52. The number of benzene rings is 4. The van der Waals surface area contributed by atoms with Crippen molar-refractivity contribution in [3.8, 4) is 33.6 Å². The summed E-state index contributed by atoms with van der Waals surface area (Å²) >= 11 is 0. The number of hydrogen-bond donors (Lipinski definition) is 0.